The lowest BCUT2D eigenvalue weighted by Crippen LogP contribution is -2.46. The molecule has 0 radical (unpaired) electrons. The average Bonchev–Trinajstić information content (AvgIpc) is 3.16. The quantitative estimate of drug-likeness (QED) is 0.818. The van der Waals surface area contributed by atoms with Crippen molar-refractivity contribution in [1.29, 1.82) is 0 Å². The zero-order chi connectivity index (χ0) is 13.2. The van der Waals surface area contributed by atoms with Crippen molar-refractivity contribution in [3.8, 4) is 0 Å². The minimum Gasteiger partial charge on any atom is -0.464 e. The summed E-state index contributed by atoms with van der Waals surface area (Å²) in [5, 5.41) is 3.19. The molecule has 1 aliphatic rings. The highest BCUT2D eigenvalue weighted by Gasteiger charge is 2.48. The lowest BCUT2D eigenvalue weighted by molar-refractivity contribution is -0.148. The third-order valence-electron chi connectivity index (χ3n) is 3.34. The Kier molecular flexibility index (Phi) is 3.55. The maximum absolute atomic E-state index is 12.9. The number of halogens is 1. The van der Waals surface area contributed by atoms with E-state index in [0.29, 0.717) is 12.5 Å². The first-order valence-corrected chi connectivity index (χ1v) is 6.27. The van der Waals surface area contributed by atoms with Crippen molar-refractivity contribution in [3.05, 3.63) is 30.1 Å². The molecule has 1 saturated carbocycles. The second-order valence-electron chi connectivity index (χ2n) is 4.83. The fraction of sp³-hybridized carbons (Fsp3) is 0.500. The number of nitrogens with one attached hydrogen (secondary N) is 1. The van der Waals surface area contributed by atoms with Crippen LogP contribution in [0, 0.1) is 11.7 Å². The van der Waals surface area contributed by atoms with Crippen molar-refractivity contribution in [2.24, 2.45) is 5.92 Å². The lowest BCUT2D eigenvalue weighted by atomic mass is 9.95. The molecule has 4 heteroatoms. The van der Waals surface area contributed by atoms with Gasteiger partial charge < -0.3 is 10.1 Å². The van der Waals surface area contributed by atoms with Gasteiger partial charge in [0.1, 0.15) is 11.4 Å². The SMILES string of the molecule is CCOC(=O)C(C)(Nc1ccc(F)cc1)C1CC1. The number of esters is 1. The summed E-state index contributed by atoms with van der Waals surface area (Å²) in [6.07, 6.45) is 2.03. The summed E-state index contributed by atoms with van der Waals surface area (Å²) in [6, 6.07) is 6.02. The van der Waals surface area contributed by atoms with E-state index >= 15 is 0 Å². The number of carbonyl (C=O) groups is 1. The molecule has 0 spiro atoms. The number of carbonyl (C=O) groups excluding carboxylic acids is 1. The molecule has 1 aromatic rings. The standard InChI is InChI=1S/C14H18FNO2/c1-3-18-13(17)14(2,10-4-5-10)16-12-8-6-11(15)7-9-12/h6-10,16H,3-5H2,1-2H3. The molecule has 2 rings (SSSR count). The first-order valence-electron chi connectivity index (χ1n) is 6.27. The summed E-state index contributed by atoms with van der Waals surface area (Å²) in [5.41, 5.74) is 0.0206. The normalized spacial score (nSPS) is 17.9. The van der Waals surface area contributed by atoms with Crippen molar-refractivity contribution < 1.29 is 13.9 Å². The molecule has 0 bridgehead atoms. The Morgan fingerprint density at radius 1 is 1.44 bits per heavy atom. The molecule has 1 unspecified atom stereocenters. The maximum atomic E-state index is 12.9. The van der Waals surface area contributed by atoms with Crippen LogP contribution >= 0.6 is 0 Å². The Morgan fingerprint density at radius 3 is 2.56 bits per heavy atom. The minimum atomic E-state index is -0.714. The van der Waals surface area contributed by atoms with Crippen LogP contribution < -0.4 is 5.32 Å². The molecule has 1 aliphatic carbocycles. The van der Waals surface area contributed by atoms with E-state index in [1.54, 1.807) is 19.1 Å². The molecule has 98 valence electrons. The molecule has 1 aromatic carbocycles. The topological polar surface area (TPSA) is 38.3 Å². The van der Waals surface area contributed by atoms with E-state index in [2.05, 4.69) is 5.32 Å². The van der Waals surface area contributed by atoms with Gasteiger partial charge in [-0.1, -0.05) is 0 Å². The van der Waals surface area contributed by atoms with Crippen molar-refractivity contribution >= 4 is 11.7 Å². The molecular weight excluding hydrogens is 233 g/mol. The Labute approximate surface area is 106 Å². The summed E-state index contributed by atoms with van der Waals surface area (Å²) < 4.78 is 18.0. The van der Waals surface area contributed by atoms with Crippen LogP contribution in [0.2, 0.25) is 0 Å². The molecule has 0 saturated heterocycles. The number of hydrogen-bond acceptors (Lipinski definition) is 3. The van der Waals surface area contributed by atoms with E-state index in [4.69, 9.17) is 4.74 Å². The monoisotopic (exact) mass is 251 g/mol. The van der Waals surface area contributed by atoms with Gasteiger partial charge in [0.15, 0.2) is 0 Å². The van der Waals surface area contributed by atoms with Crippen LogP contribution in [0.4, 0.5) is 10.1 Å². The zero-order valence-electron chi connectivity index (χ0n) is 10.7. The lowest BCUT2D eigenvalue weighted by Gasteiger charge is -2.29. The molecule has 0 amide bonds. The Morgan fingerprint density at radius 2 is 2.06 bits per heavy atom. The number of anilines is 1. The van der Waals surface area contributed by atoms with E-state index in [1.165, 1.54) is 12.1 Å². The predicted octanol–water partition coefficient (Wildman–Crippen LogP) is 2.97. The van der Waals surface area contributed by atoms with Gasteiger partial charge in [0.2, 0.25) is 0 Å². The van der Waals surface area contributed by atoms with Crippen molar-refractivity contribution in [3.63, 3.8) is 0 Å². The molecule has 1 N–H and O–H groups in total. The van der Waals surface area contributed by atoms with Gasteiger partial charge >= 0.3 is 5.97 Å². The third-order valence-corrected chi connectivity index (χ3v) is 3.34. The fourth-order valence-electron chi connectivity index (χ4n) is 2.09. The summed E-state index contributed by atoms with van der Waals surface area (Å²) in [4.78, 5) is 12.1. The second-order valence-corrected chi connectivity index (χ2v) is 4.83. The molecular formula is C14H18FNO2. The van der Waals surface area contributed by atoms with Gasteiger partial charge in [0.25, 0.3) is 0 Å². The molecule has 1 atom stereocenters. The first kappa shape index (κ1) is 12.9. The summed E-state index contributed by atoms with van der Waals surface area (Å²) >= 11 is 0. The summed E-state index contributed by atoms with van der Waals surface area (Å²) in [6.45, 7) is 4.02. The number of hydrogen-bond donors (Lipinski definition) is 1. The van der Waals surface area contributed by atoms with E-state index in [0.717, 1.165) is 18.5 Å². The Hall–Kier alpha value is -1.58. The van der Waals surface area contributed by atoms with Gasteiger partial charge in [0.05, 0.1) is 6.61 Å². The highest BCUT2D eigenvalue weighted by Crippen LogP contribution is 2.42. The molecule has 0 aliphatic heterocycles. The van der Waals surface area contributed by atoms with Crippen LogP contribution in [0.15, 0.2) is 24.3 Å². The number of ether oxygens (including phenoxy) is 1. The van der Waals surface area contributed by atoms with Gasteiger partial charge in [-0.3, -0.25) is 0 Å². The smallest absolute Gasteiger partial charge is 0.331 e. The van der Waals surface area contributed by atoms with Gasteiger partial charge in [-0.15, -0.1) is 0 Å². The Balaban J connectivity index is 2.15. The van der Waals surface area contributed by atoms with Crippen LogP contribution in [0.5, 0.6) is 0 Å². The molecule has 18 heavy (non-hydrogen) atoms. The van der Waals surface area contributed by atoms with Crippen molar-refractivity contribution in [1.82, 2.24) is 0 Å². The highest BCUT2D eigenvalue weighted by atomic mass is 19.1. The van der Waals surface area contributed by atoms with Crippen LogP contribution in [0.1, 0.15) is 26.7 Å². The van der Waals surface area contributed by atoms with E-state index in [-0.39, 0.29) is 11.8 Å². The number of rotatable bonds is 5. The zero-order valence-corrected chi connectivity index (χ0v) is 10.7. The van der Waals surface area contributed by atoms with Crippen molar-refractivity contribution in [2.45, 2.75) is 32.2 Å². The second kappa shape index (κ2) is 4.96. The largest absolute Gasteiger partial charge is 0.464 e. The average molecular weight is 251 g/mol. The van der Waals surface area contributed by atoms with E-state index < -0.39 is 5.54 Å². The van der Waals surface area contributed by atoms with Crippen LogP contribution in [0.25, 0.3) is 0 Å². The molecule has 3 nitrogen and oxygen atoms in total. The minimum absolute atomic E-state index is 0.239. The number of benzene rings is 1. The van der Waals surface area contributed by atoms with Crippen LogP contribution in [-0.2, 0) is 9.53 Å². The van der Waals surface area contributed by atoms with Crippen LogP contribution in [-0.4, -0.2) is 18.1 Å². The summed E-state index contributed by atoms with van der Waals surface area (Å²) in [5.74, 6) is -0.233. The van der Waals surface area contributed by atoms with E-state index in [9.17, 15) is 9.18 Å². The highest BCUT2D eigenvalue weighted by molar-refractivity contribution is 5.85. The van der Waals surface area contributed by atoms with E-state index in [1.807, 2.05) is 6.92 Å². The van der Waals surface area contributed by atoms with Crippen LogP contribution in [0.3, 0.4) is 0 Å². The van der Waals surface area contributed by atoms with Crippen molar-refractivity contribution in [2.75, 3.05) is 11.9 Å². The maximum Gasteiger partial charge on any atom is 0.331 e. The molecule has 0 aromatic heterocycles. The third kappa shape index (κ3) is 2.63. The molecule has 1 fully saturated rings. The first-order chi connectivity index (χ1) is 8.56. The van der Waals surface area contributed by atoms with Gasteiger partial charge in [0, 0.05) is 5.69 Å². The van der Waals surface area contributed by atoms with Gasteiger partial charge in [-0.2, -0.15) is 0 Å². The predicted molar refractivity (Wildman–Crippen MR) is 67.8 cm³/mol. The molecule has 0 heterocycles. The fourth-order valence-corrected chi connectivity index (χ4v) is 2.09. The summed E-state index contributed by atoms with van der Waals surface area (Å²) in [7, 11) is 0. The van der Waals surface area contributed by atoms with Gasteiger partial charge in [-0.25, -0.2) is 9.18 Å². The Bertz CT molecular complexity index is 428. The van der Waals surface area contributed by atoms with Gasteiger partial charge in [-0.05, 0) is 56.9 Å².